The number of hydrogen-bond acceptors (Lipinski definition) is 5. The molecule has 11 aromatic rings. The van der Waals surface area contributed by atoms with Crippen molar-refractivity contribution in [1.82, 2.24) is 29.1 Å². The van der Waals surface area contributed by atoms with Gasteiger partial charge < -0.3 is 8.98 Å². The van der Waals surface area contributed by atoms with Crippen LogP contribution in [0.15, 0.2) is 174 Å². The predicted molar refractivity (Wildman–Crippen MR) is 212 cm³/mol. The van der Waals surface area contributed by atoms with Gasteiger partial charge in [0.25, 0.3) is 0 Å². The van der Waals surface area contributed by atoms with E-state index in [1.807, 2.05) is 78.9 Å². The summed E-state index contributed by atoms with van der Waals surface area (Å²) in [6, 6.07) is 58.1. The molecular formula is C46H28N6O. The molecule has 0 radical (unpaired) electrons. The molecule has 0 spiro atoms. The van der Waals surface area contributed by atoms with Crippen LogP contribution in [0.5, 0.6) is 0 Å². The molecule has 0 amide bonds. The maximum Gasteiger partial charge on any atom is 0.238 e. The zero-order valence-corrected chi connectivity index (χ0v) is 28.3. The van der Waals surface area contributed by atoms with Gasteiger partial charge in [0.05, 0.1) is 22.1 Å². The molecule has 0 atom stereocenters. The first kappa shape index (κ1) is 29.4. The molecule has 11 rings (SSSR count). The highest BCUT2D eigenvalue weighted by atomic mass is 16.3. The Labute approximate surface area is 303 Å². The van der Waals surface area contributed by atoms with E-state index in [1.165, 1.54) is 5.39 Å². The third-order valence-electron chi connectivity index (χ3n) is 10.0. The van der Waals surface area contributed by atoms with E-state index in [2.05, 4.69) is 100 Å². The van der Waals surface area contributed by atoms with E-state index in [9.17, 15) is 0 Å². The fraction of sp³-hybridized carbons (Fsp3) is 0. The molecule has 7 heteroatoms. The van der Waals surface area contributed by atoms with Gasteiger partial charge in [0, 0.05) is 43.9 Å². The van der Waals surface area contributed by atoms with Crippen molar-refractivity contribution in [2.45, 2.75) is 0 Å². The van der Waals surface area contributed by atoms with Crippen LogP contribution in [0.25, 0.3) is 101 Å². The van der Waals surface area contributed by atoms with E-state index < -0.39 is 0 Å². The van der Waals surface area contributed by atoms with Gasteiger partial charge >= 0.3 is 0 Å². The van der Waals surface area contributed by atoms with Gasteiger partial charge in [0.15, 0.2) is 17.2 Å². The Bertz CT molecular complexity index is 3130. The number of benzene rings is 7. The van der Waals surface area contributed by atoms with Gasteiger partial charge in [0.2, 0.25) is 11.8 Å². The van der Waals surface area contributed by atoms with Crippen molar-refractivity contribution in [3.05, 3.63) is 170 Å². The van der Waals surface area contributed by atoms with Gasteiger partial charge in [-0.2, -0.15) is 9.97 Å². The van der Waals surface area contributed by atoms with Crippen molar-refractivity contribution < 1.29 is 4.42 Å². The largest absolute Gasteiger partial charge is 0.436 e. The molecule has 4 aromatic heterocycles. The molecule has 0 saturated carbocycles. The summed E-state index contributed by atoms with van der Waals surface area (Å²) in [5.41, 5.74) is 9.59. The van der Waals surface area contributed by atoms with Crippen LogP contribution in [0.2, 0.25) is 0 Å². The summed E-state index contributed by atoms with van der Waals surface area (Å²) < 4.78 is 10.7. The first-order chi connectivity index (χ1) is 26.3. The lowest BCUT2D eigenvalue weighted by atomic mass is 10.1. The van der Waals surface area contributed by atoms with Crippen molar-refractivity contribution in [3.8, 4) is 45.9 Å². The van der Waals surface area contributed by atoms with Crippen molar-refractivity contribution in [2.24, 2.45) is 0 Å². The summed E-state index contributed by atoms with van der Waals surface area (Å²) in [6.07, 6.45) is 0. The van der Waals surface area contributed by atoms with Gasteiger partial charge in [0.1, 0.15) is 5.52 Å². The van der Waals surface area contributed by atoms with Crippen LogP contribution < -0.4 is 0 Å². The normalized spacial score (nSPS) is 11.8. The average Bonchev–Trinajstić information content (AvgIpc) is 3.92. The van der Waals surface area contributed by atoms with Crippen LogP contribution in [-0.2, 0) is 0 Å². The second kappa shape index (κ2) is 11.6. The van der Waals surface area contributed by atoms with Gasteiger partial charge in [-0.05, 0) is 48.5 Å². The molecule has 0 N–H and O–H groups in total. The van der Waals surface area contributed by atoms with Gasteiger partial charge in [-0.25, -0.2) is 9.97 Å². The fourth-order valence-corrected chi connectivity index (χ4v) is 7.62. The highest BCUT2D eigenvalue weighted by Crippen LogP contribution is 2.41. The van der Waals surface area contributed by atoms with Crippen molar-refractivity contribution in [3.63, 3.8) is 0 Å². The van der Waals surface area contributed by atoms with Crippen molar-refractivity contribution in [2.75, 3.05) is 0 Å². The molecule has 0 saturated heterocycles. The standard InChI is InChI=1S/C46H28N6O/c1-3-13-29(14-4-1)43-48-44(30-23-25-31(26-24-30)45-47-37-19-9-12-22-40(37)53-45)50-46(49-43)52-39-21-11-8-18-34(39)36-28-27-35-33-17-7-10-20-38(33)51(41(35)42(36)52)32-15-5-2-6-16-32/h1-28H. The van der Waals surface area contributed by atoms with Gasteiger partial charge in [-0.1, -0.05) is 121 Å². The molecule has 53 heavy (non-hydrogen) atoms. The number of fused-ring (bicyclic) bond motifs is 8. The van der Waals surface area contributed by atoms with E-state index in [-0.39, 0.29) is 0 Å². The Balaban J connectivity index is 1.20. The molecule has 7 nitrogen and oxygen atoms in total. The third kappa shape index (κ3) is 4.61. The van der Waals surface area contributed by atoms with Crippen LogP contribution >= 0.6 is 0 Å². The molecule has 4 heterocycles. The number of aromatic nitrogens is 6. The average molecular weight is 681 g/mol. The zero-order valence-electron chi connectivity index (χ0n) is 28.3. The van der Waals surface area contributed by atoms with Crippen LogP contribution in [0.4, 0.5) is 0 Å². The second-order valence-electron chi connectivity index (χ2n) is 13.1. The summed E-state index contributed by atoms with van der Waals surface area (Å²) in [4.78, 5) is 20.3. The quantitative estimate of drug-likeness (QED) is 0.181. The lowest BCUT2D eigenvalue weighted by Gasteiger charge is -2.13. The lowest BCUT2D eigenvalue weighted by molar-refractivity contribution is 0.620. The van der Waals surface area contributed by atoms with Crippen LogP contribution in [0.1, 0.15) is 0 Å². The summed E-state index contributed by atoms with van der Waals surface area (Å²) in [7, 11) is 0. The van der Waals surface area contributed by atoms with E-state index in [1.54, 1.807) is 0 Å². The van der Waals surface area contributed by atoms with E-state index in [0.29, 0.717) is 23.5 Å². The molecule has 0 aliphatic rings. The van der Waals surface area contributed by atoms with Gasteiger partial charge in [-0.3, -0.25) is 4.57 Å². The predicted octanol–water partition coefficient (Wildman–Crippen LogP) is 11.2. The first-order valence-corrected chi connectivity index (χ1v) is 17.6. The monoisotopic (exact) mass is 680 g/mol. The highest BCUT2D eigenvalue weighted by molar-refractivity contribution is 6.23. The smallest absolute Gasteiger partial charge is 0.238 e. The second-order valence-corrected chi connectivity index (χ2v) is 13.1. The first-order valence-electron chi connectivity index (χ1n) is 17.6. The number of oxazole rings is 1. The Morgan fingerprint density at radius 1 is 0.377 bits per heavy atom. The summed E-state index contributed by atoms with van der Waals surface area (Å²) >= 11 is 0. The molecule has 0 bridgehead atoms. The maximum atomic E-state index is 6.07. The minimum Gasteiger partial charge on any atom is -0.436 e. The molecular weight excluding hydrogens is 653 g/mol. The SMILES string of the molecule is c1ccc(-c2nc(-c3ccc(-c4nc5ccccc5o4)cc3)nc(-n3c4ccccc4c4ccc5c6ccccc6n(-c6ccccc6)c5c43)n2)cc1. The van der Waals surface area contributed by atoms with Gasteiger partial charge in [-0.15, -0.1) is 0 Å². The number of hydrogen-bond donors (Lipinski definition) is 0. The Kier molecular flexibility index (Phi) is 6.42. The van der Waals surface area contributed by atoms with Crippen molar-refractivity contribution >= 4 is 54.7 Å². The summed E-state index contributed by atoms with van der Waals surface area (Å²) in [5.74, 6) is 2.28. The Morgan fingerprint density at radius 3 is 1.58 bits per heavy atom. The Hall–Kier alpha value is -7.38. The lowest BCUT2D eigenvalue weighted by Crippen LogP contribution is -2.07. The molecule has 0 aliphatic heterocycles. The van der Waals surface area contributed by atoms with Crippen LogP contribution in [0.3, 0.4) is 0 Å². The summed E-state index contributed by atoms with van der Waals surface area (Å²) in [6.45, 7) is 0. The van der Waals surface area contributed by atoms with E-state index >= 15 is 0 Å². The highest BCUT2D eigenvalue weighted by Gasteiger charge is 2.23. The van der Waals surface area contributed by atoms with Crippen LogP contribution in [0, 0.1) is 0 Å². The van der Waals surface area contributed by atoms with Crippen molar-refractivity contribution in [1.29, 1.82) is 0 Å². The molecule has 0 unspecified atom stereocenters. The molecule has 7 aromatic carbocycles. The van der Waals surface area contributed by atoms with E-state index in [4.69, 9.17) is 24.4 Å². The maximum absolute atomic E-state index is 6.07. The molecule has 0 aliphatic carbocycles. The van der Waals surface area contributed by atoms with Crippen LogP contribution in [-0.4, -0.2) is 29.1 Å². The minimum absolute atomic E-state index is 0.542. The minimum atomic E-state index is 0.542. The third-order valence-corrected chi connectivity index (χ3v) is 10.0. The fourth-order valence-electron chi connectivity index (χ4n) is 7.62. The van der Waals surface area contributed by atoms with E-state index in [0.717, 1.165) is 71.7 Å². The molecule has 0 fully saturated rings. The number of para-hydroxylation sites is 5. The topological polar surface area (TPSA) is 74.6 Å². The zero-order chi connectivity index (χ0) is 34.9. The Morgan fingerprint density at radius 2 is 0.906 bits per heavy atom. The molecule has 248 valence electrons. The number of nitrogens with zero attached hydrogens (tertiary/aromatic N) is 6. The summed E-state index contributed by atoms with van der Waals surface area (Å²) in [5, 5.41) is 4.60. The number of rotatable bonds is 5.